The van der Waals surface area contributed by atoms with Crippen LogP contribution in [-0.4, -0.2) is 26.4 Å². The topological polar surface area (TPSA) is 107 Å². The Morgan fingerprint density at radius 3 is 3.12 bits per heavy atom. The summed E-state index contributed by atoms with van der Waals surface area (Å²) in [6.45, 7) is 0. The lowest BCUT2D eigenvalue weighted by atomic mass is 9.99. The summed E-state index contributed by atoms with van der Waals surface area (Å²) < 4.78 is 5.65. The van der Waals surface area contributed by atoms with E-state index >= 15 is 0 Å². The molecular formula is C10H9N5O2. The number of rotatable bonds is 1. The molecule has 0 amide bonds. The first-order valence-electron chi connectivity index (χ1n) is 5.07. The van der Waals surface area contributed by atoms with Crippen LogP contribution in [0, 0.1) is 0 Å². The van der Waals surface area contributed by atoms with E-state index in [4.69, 9.17) is 10.5 Å². The van der Waals surface area contributed by atoms with E-state index in [9.17, 15) is 4.79 Å². The predicted molar refractivity (Wildman–Crippen MR) is 57.3 cm³/mol. The molecule has 3 N–H and O–H groups in total. The largest absolute Gasteiger partial charge is 0.479 e. The highest BCUT2D eigenvalue weighted by atomic mass is 16.5. The van der Waals surface area contributed by atoms with E-state index in [1.165, 1.54) is 0 Å². The van der Waals surface area contributed by atoms with Crippen LogP contribution in [0.2, 0.25) is 0 Å². The van der Waals surface area contributed by atoms with Gasteiger partial charge in [-0.15, -0.1) is 10.2 Å². The molecule has 1 aliphatic rings. The first-order chi connectivity index (χ1) is 8.25. The van der Waals surface area contributed by atoms with Crippen molar-refractivity contribution in [2.24, 2.45) is 0 Å². The molecule has 0 bridgehead atoms. The molecule has 2 aromatic rings. The zero-order chi connectivity index (χ0) is 11.8. The number of hydrogen-bond donors (Lipinski definition) is 2. The molecule has 1 atom stereocenters. The number of ether oxygens (including phenoxy) is 1. The third kappa shape index (κ3) is 1.52. The van der Waals surface area contributed by atoms with Crippen LogP contribution in [0.4, 0.5) is 5.69 Å². The minimum Gasteiger partial charge on any atom is -0.479 e. The Morgan fingerprint density at radius 1 is 1.47 bits per heavy atom. The molecule has 7 nitrogen and oxygen atoms in total. The number of H-pyrrole nitrogens is 1. The number of carbonyl (C=O) groups is 1. The summed E-state index contributed by atoms with van der Waals surface area (Å²) in [7, 11) is 0. The summed E-state index contributed by atoms with van der Waals surface area (Å²) >= 11 is 0. The fraction of sp³-hybridized carbons (Fsp3) is 0.200. The first kappa shape index (κ1) is 9.76. The van der Waals surface area contributed by atoms with Crippen LogP contribution < -0.4 is 10.5 Å². The van der Waals surface area contributed by atoms with Gasteiger partial charge in [0.25, 0.3) is 0 Å². The van der Waals surface area contributed by atoms with Crippen LogP contribution in [0.3, 0.4) is 0 Å². The summed E-state index contributed by atoms with van der Waals surface area (Å²) in [6.07, 6.45) is -0.339. The van der Waals surface area contributed by atoms with Gasteiger partial charge in [-0.3, -0.25) is 4.79 Å². The molecule has 1 aliphatic heterocycles. The number of nitrogens with two attached hydrogens (primary N) is 1. The number of aromatic nitrogens is 4. The van der Waals surface area contributed by atoms with Crippen molar-refractivity contribution in [1.29, 1.82) is 0 Å². The molecule has 0 unspecified atom stereocenters. The third-order valence-corrected chi connectivity index (χ3v) is 2.63. The summed E-state index contributed by atoms with van der Waals surface area (Å²) in [5, 5.41) is 13.4. The number of ketones is 1. The fourth-order valence-corrected chi connectivity index (χ4v) is 1.82. The number of benzene rings is 1. The summed E-state index contributed by atoms with van der Waals surface area (Å²) in [5.41, 5.74) is 6.72. The summed E-state index contributed by atoms with van der Waals surface area (Å²) in [4.78, 5) is 11.9. The molecule has 3 rings (SSSR count). The zero-order valence-electron chi connectivity index (χ0n) is 8.75. The second-order valence-corrected chi connectivity index (χ2v) is 3.73. The average Bonchev–Trinajstić information content (AvgIpc) is 2.84. The maximum atomic E-state index is 11.9. The molecule has 0 aliphatic carbocycles. The Kier molecular flexibility index (Phi) is 2.04. The van der Waals surface area contributed by atoms with Gasteiger partial charge in [0, 0.05) is 0 Å². The number of nitrogen functional groups attached to an aromatic ring is 1. The molecule has 0 fully saturated rings. The van der Waals surface area contributed by atoms with Crippen LogP contribution in [0.5, 0.6) is 5.75 Å². The fourth-order valence-electron chi connectivity index (χ4n) is 1.82. The number of para-hydroxylation sites is 1. The normalized spacial score (nSPS) is 18.6. The smallest absolute Gasteiger partial charge is 0.215 e. The van der Waals surface area contributed by atoms with Gasteiger partial charge in [0.2, 0.25) is 5.82 Å². The highest BCUT2D eigenvalue weighted by Crippen LogP contribution is 2.37. The number of hydrogen-bond acceptors (Lipinski definition) is 6. The van der Waals surface area contributed by atoms with Gasteiger partial charge in [0.15, 0.2) is 17.6 Å². The lowest BCUT2D eigenvalue weighted by molar-refractivity contribution is 0.0840. The van der Waals surface area contributed by atoms with Crippen LogP contribution in [0.1, 0.15) is 28.7 Å². The van der Waals surface area contributed by atoms with Crippen molar-refractivity contribution in [2.45, 2.75) is 12.5 Å². The molecule has 7 heteroatoms. The SMILES string of the molecule is Nc1cccc2c1O[C@H](c1nn[nH]n1)CC2=O. The van der Waals surface area contributed by atoms with Crippen molar-refractivity contribution in [3.63, 3.8) is 0 Å². The second kappa shape index (κ2) is 3.55. The van der Waals surface area contributed by atoms with Crippen molar-refractivity contribution in [1.82, 2.24) is 20.6 Å². The highest BCUT2D eigenvalue weighted by Gasteiger charge is 2.31. The van der Waals surface area contributed by atoms with Crippen molar-refractivity contribution in [3.05, 3.63) is 29.6 Å². The lowest BCUT2D eigenvalue weighted by Crippen LogP contribution is -2.22. The molecule has 1 aromatic carbocycles. The van der Waals surface area contributed by atoms with Gasteiger partial charge in [0.1, 0.15) is 0 Å². The minimum atomic E-state index is -0.529. The Morgan fingerprint density at radius 2 is 2.35 bits per heavy atom. The van der Waals surface area contributed by atoms with E-state index in [1.54, 1.807) is 18.2 Å². The van der Waals surface area contributed by atoms with Crippen molar-refractivity contribution < 1.29 is 9.53 Å². The standard InChI is InChI=1S/C10H9N5O2/c11-6-3-1-2-5-7(16)4-8(17-9(5)6)10-12-14-15-13-10/h1-3,8H,4,11H2,(H,12,13,14,15)/t8-/m0/s1. The highest BCUT2D eigenvalue weighted by molar-refractivity contribution is 6.01. The van der Waals surface area contributed by atoms with Gasteiger partial charge >= 0.3 is 0 Å². The second-order valence-electron chi connectivity index (χ2n) is 3.73. The monoisotopic (exact) mass is 231 g/mol. The number of aromatic amines is 1. The Hall–Kier alpha value is -2.44. The lowest BCUT2D eigenvalue weighted by Gasteiger charge is -2.23. The van der Waals surface area contributed by atoms with Crippen molar-refractivity contribution >= 4 is 11.5 Å². The Bertz CT molecular complexity index is 566. The summed E-state index contributed by atoms with van der Waals surface area (Å²) in [5.74, 6) is 0.721. The number of carbonyl (C=O) groups excluding carboxylic acids is 1. The van der Waals surface area contributed by atoms with E-state index < -0.39 is 6.10 Å². The number of nitrogens with one attached hydrogen (secondary N) is 1. The third-order valence-electron chi connectivity index (χ3n) is 2.63. The van der Waals surface area contributed by atoms with Crippen LogP contribution in [-0.2, 0) is 0 Å². The minimum absolute atomic E-state index is 0.0339. The van der Waals surface area contributed by atoms with E-state index in [0.29, 0.717) is 22.8 Å². The van der Waals surface area contributed by atoms with Crippen molar-refractivity contribution in [2.75, 3.05) is 5.73 Å². The maximum Gasteiger partial charge on any atom is 0.215 e. The molecule has 0 spiro atoms. The number of tetrazole rings is 1. The molecular weight excluding hydrogens is 222 g/mol. The van der Waals surface area contributed by atoms with Gasteiger partial charge < -0.3 is 10.5 Å². The molecule has 0 radical (unpaired) electrons. The number of nitrogens with zero attached hydrogens (tertiary/aromatic N) is 3. The molecule has 2 heterocycles. The van der Waals surface area contributed by atoms with Gasteiger partial charge in [-0.1, -0.05) is 11.3 Å². The van der Waals surface area contributed by atoms with Gasteiger partial charge in [-0.25, -0.2) is 0 Å². The first-order valence-corrected chi connectivity index (χ1v) is 5.07. The maximum absolute atomic E-state index is 11.9. The number of anilines is 1. The quantitative estimate of drug-likeness (QED) is 0.691. The number of fused-ring (bicyclic) bond motifs is 1. The van der Waals surface area contributed by atoms with Crippen LogP contribution >= 0.6 is 0 Å². The number of Topliss-reactive ketones (excluding diaryl/α,β-unsaturated/α-hetero) is 1. The van der Waals surface area contributed by atoms with Crippen LogP contribution in [0.25, 0.3) is 0 Å². The average molecular weight is 231 g/mol. The molecule has 0 saturated heterocycles. The van der Waals surface area contributed by atoms with E-state index in [0.717, 1.165) is 0 Å². The summed E-state index contributed by atoms with van der Waals surface area (Å²) in [6, 6.07) is 5.11. The van der Waals surface area contributed by atoms with E-state index in [-0.39, 0.29) is 12.2 Å². The van der Waals surface area contributed by atoms with E-state index in [1.807, 2.05) is 0 Å². The predicted octanol–water partition coefficient (Wildman–Crippen LogP) is 0.488. The van der Waals surface area contributed by atoms with Crippen molar-refractivity contribution in [3.8, 4) is 5.75 Å². The molecule has 0 saturated carbocycles. The molecule has 86 valence electrons. The Balaban J connectivity index is 2.03. The van der Waals surface area contributed by atoms with E-state index in [2.05, 4.69) is 20.6 Å². The Labute approximate surface area is 96.0 Å². The van der Waals surface area contributed by atoms with Crippen LogP contribution in [0.15, 0.2) is 18.2 Å². The van der Waals surface area contributed by atoms with Gasteiger partial charge in [-0.05, 0) is 12.1 Å². The van der Waals surface area contributed by atoms with Gasteiger partial charge in [-0.2, -0.15) is 5.21 Å². The molecule has 17 heavy (non-hydrogen) atoms. The van der Waals surface area contributed by atoms with Gasteiger partial charge in [0.05, 0.1) is 17.7 Å². The zero-order valence-corrected chi connectivity index (χ0v) is 8.75. The molecule has 1 aromatic heterocycles.